The fraction of sp³-hybridized carbons (Fsp3) is 0.533. The van der Waals surface area contributed by atoms with E-state index < -0.39 is 0 Å². The molecule has 0 spiro atoms. The number of benzene rings is 1. The number of hydrogen-bond acceptors (Lipinski definition) is 3. The molecule has 2 aliphatic rings. The summed E-state index contributed by atoms with van der Waals surface area (Å²) in [6, 6.07) is 8.43. The summed E-state index contributed by atoms with van der Waals surface area (Å²) < 4.78 is 5.66. The third-order valence-corrected chi connectivity index (χ3v) is 3.89. The van der Waals surface area contributed by atoms with Crippen molar-refractivity contribution in [2.24, 2.45) is 0 Å². The number of ether oxygens (including phenoxy) is 1. The number of amides is 1. The smallest absolute Gasteiger partial charge is 0.261 e. The number of hydrogen-bond donors (Lipinski definition) is 2. The molecule has 1 aromatic rings. The second-order valence-electron chi connectivity index (χ2n) is 5.29. The average molecular weight is 260 g/mol. The Kier molecular flexibility index (Phi) is 3.69. The monoisotopic (exact) mass is 260 g/mol. The number of para-hydroxylation sites is 1. The molecule has 0 aliphatic carbocycles. The van der Waals surface area contributed by atoms with Crippen LogP contribution >= 0.6 is 0 Å². The van der Waals surface area contributed by atoms with Crippen LogP contribution in [0, 0.1) is 0 Å². The van der Waals surface area contributed by atoms with Gasteiger partial charge < -0.3 is 15.4 Å². The fourth-order valence-corrected chi connectivity index (χ4v) is 2.81. The number of rotatable bonds is 4. The van der Waals surface area contributed by atoms with Crippen molar-refractivity contribution < 1.29 is 9.53 Å². The highest BCUT2D eigenvalue weighted by atomic mass is 16.5. The van der Waals surface area contributed by atoms with Crippen LogP contribution in [0.3, 0.4) is 0 Å². The van der Waals surface area contributed by atoms with Crippen LogP contribution in [-0.2, 0) is 11.2 Å². The van der Waals surface area contributed by atoms with Crippen LogP contribution in [0.25, 0.3) is 0 Å². The van der Waals surface area contributed by atoms with Gasteiger partial charge in [0.25, 0.3) is 5.91 Å². The summed E-state index contributed by atoms with van der Waals surface area (Å²) in [6.45, 7) is 1.84. The van der Waals surface area contributed by atoms with Gasteiger partial charge in [0.2, 0.25) is 0 Å². The maximum Gasteiger partial charge on any atom is 0.261 e. The van der Waals surface area contributed by atoms with Crippen LogP contribution in [0.4, 0.5) is 0 Å². The zero-order valence-corrected chi connectivity index (χ0v) is 11.0. The summed E-state index contributed by atoms with van der Waals surface area (Å²) in [6.07, 6.45) is 3.81. The van der Waals surface area contributed by atoms with Gasteiger partial charge in [0.15, 0.2) is 6.10 Å². The maximum absolute atomic E-state index is 12.0. The molecule has 102 valence electrons. The second-order valence-corrected chi connectivity index (χ2v) is 5.29. The Morgan fingerprint density at radius 2 is 2.32 bits per heavy atom. The van der Waals surface area contributed by atoms with Gasteiger partial charge in [-0.1, -0.05) is 18.2 Å². The van der Waals surface area contributed by atoms with Gasteiger partial charge in [-0.05, 0) is 37.4 Å². The molecule has 2 atom stereocenters. The summed E-state index contributed by atoms with van der Waals surface area (Å²) in [4.78, 5) is 12.0. The Hall–Kier alpha value is -1.55. The maximum atomic E-state index is 12.0. The fourth-order valence-electron chi connectivity index (χ4n) is 2.81. The first kappa shape index (κ1) is 12.5. The van der Waals surface area contributed by atoms with Crippen LogP contribution in [0.15, 0.2) is 24.3 Å². The van der Waals surface area contributed by atoms with E-state index in [2.05, 4.69) is 10.6 Å². The molecule has 4 nitrogen and oxygen atoms in total. The molecular weight excluding hydrogens is 240 g/mol. The highest BCUT2D eigenvalue weighted by Gasteiger charge is 2.28. The minimum atomic E-state index is -0.353. The first-order valence-electron chi connectivity index (χ1n) is 7.08. The van der Waals surface area contributed by atoms with Gasteiger partial charge >= 0.3 is 0 Å². The van der Waals surface area contributed by atoms with Crippen LogP contribution in [0.1, 0.15) is 24.8 Å². The topological polar surface area (TPSA) is 50.4 Å². The van der Waals surface area contributed by atoms with Crippen LogP contribution in [0.5, 0.6) is 5.75 Å². The van der Waals surface area contributed by atoms with E-state index in [0.717, 1.165) is 30.8 Å². The molecule has 0 saturated carbocycles. The van der Waals surface area contributed by atoms with Gasteiger partial charge in [-0.25, -0.2) is 0 Å². The number of carbonyl (C=O) groups excluding carboxylic acids is 1. The molecule has 4 heteroatoms. The third-order valence-electron chi connectivity index (χ3n) is 3.89. The van der Waals surface area contributed by atoms with E-state index in [1.807, 2.05) is 24.3 Å². The lowest BCUT2D eigenvalue weighted by Crippen LogP contribution is -2.39. The lowest BCUT2D eigenvalue weighted by atomic mass is 10.1. The van der Waals surface area contributed by atoms with Crippen molar-refractivity contribution >= 4 is 5.91 Å². The molecule has 1 fully saturated rings. The SMILES string of the molecule is O=C(NCC[C@@H]1CCCN1)C1Cc2ccccc2O1. The van der Waals surface area contributed by atoms with Crippen molar-refractivity contribution in [3.63, 3.8) is 0 Å². The first-order valence-corrected chi connectivity index (χ1v) is 7.08. The lowest BCUT2D eigenvalue weighted by Gasteiger charge is -2.13. The number of fused-ring (bicyclic) bond motifs is 1. The Morgan fingerprint density at radius 1 is 1.42 bits per heavy atom. The molecule has 3 rings (SSSR count). The van der Waals surface area contributed by atoms with Gasteiger partial charge in [-0.15, -0.1) is 0 Å². The van der Waals surface area contributed by atoms with Crippen LogP contribution in [0.2, 0.25) is 0 Å². The van der Waals surface area contributed by atoms with Gasteiger partial charge in [-0.2, -0.15) is 0 Å². The van der Waals surface area contributed by atoms with Gasteiger partial charge in [0.1, 0.15) is 5.75 Å². The van der Waals surface area contributed by atoms with E-state index in [1.165, 1.54) is 12.8 Å². The van der Waals surface area contributed by atoms with Crippen LogP contribution < -0.4 is 15.4 Å². The minimum absolute atomic E-state index is 0.00852. The quantitative estimate of drug-likeness (QED) is 0.856. The Balaban J connectivity index is 1.44. The molecular formula is C15H20N2O2. The first-order chi connectivity index (χ1) is 9.33. The zero-order chi connectivity index (χ0) is 13.1. The molecule has 0 bridgehead atoms. The van der Waals surface area contributed by atoms with Crippen molar-refractivity contribution in [2.75, 3.05) is 13.1 Å². The molecule has 1 amide bonds. The van der Waals surface area contributed by atoms with Gasteiger partial charge in [-0.3, -0.25) is 4.79 Å². The van der Waals surface area contributed by atoms with E-state index >= 15 is 0 Å². The largest absolute Gasteiger partial charge is 0.480 e. The van der Waals surface area contributed by atoms with Crippen molar-refractivity contribution in [2.45, 2.75) is 37.8 Å². The number of nitrogens with one attached hydrogen (secondary N) is 2. The second kappa shape index (κ2) is 5.61. The molecule has 0 radical (unpaired) electrons. The normalized spacial score (nSPS) is 24.8. The predicted octanol–water partition coefficient (Wildman–Crippen LogP) is 1.25. The standard InChI is InChI=1S/C15H20N2O2/c18-15(17-9-7-12-5-3-8-16-12)14-10-11-4-1-2-6-13(11)19-14/h1-2,4,6,12,14,16H,3,5,7-10H2,(H,17,18)/t12-,14?/m0/s1. The molecule has 1 aromatic carbocycles. The highest BCUT2D eigenvalue weighted by Crippen LogP contribution is 2.28. The third kappa shape index (κ3) is 2.89. The summed E-state index contributed by atoms with van der Waals surface area (Å²) in [7, 11) is 0. The van der Waals surface area contributed by atoms with E-state index in [1.54, 1.807) is 0 Å². The molecule has 2 aliphatic heterocycles. The molecule has 1 unspecified atom stereocenters. The van der Waals surface area contributed by atoms with E-state index in [0.29, 0.717) is 12.5 Å². The van der Waals surface area contributed by atoms with Crippen LogP contribution in [-0.4, -0.2) is 31.1 Å². The molecule has 2 N–H and O–H groups in total. The summed E-state index contributed by atoms with van der Waals surface area (Å²) >= 11 is 0. The molecule has 19 heavy (non-hydrogen) atoms. The lowest BCUT2D eigenvalue weighted by molar-refractivity contribution is -0.127. The van der Waals surface area contributed by atoms with E-state index in [4.69, 9.17) is 4.74 Å². The summed E-state index contributed by atoms with van der Waals surface area (Å²) in [5.41, 5.74) is 1.13. The van der Waals surface area contributed by atoms with E-state index in [-0.39, 0.29) is 12.0 Å². The van der Waals surface area contributed by atoms with Crippen molar-refractivity contribution in [1.29, 1.82) is 0 Å². The summed E-state index contributed by atoms with van der Waals surface area (Å²) in [5, 5.41) is 6.41. The zero-order valence-electron chi connectivity index (χ0n) is 11.0. The molecule has 0 aromatic heterocycles. The number of carbonyl (C=O) groups is 1. The highest BCUT2D eigenvalue weighted by molar-refractivity contribution is 5.82. The Labute approximate surface area is 113 Å². The molecule has 2 heterocycles. The minimum Gasteiger partial charge on any atom is -0.480 e. The van der Waals surface area contributed by atoms with E-state index in [9.17, 15) is 4.79 Å². The Bertz CT molecular complexity index is 430. The summed E-state index contributed by atoms with van der Waals surface area (Å²) in [5.74, 6) is 0.856. The molecule has 1 saturated heterocycles. The predicted molar refractivity (Wildman–Crippen MR) is 73.2 cm³/mol. The van der Waals surface area contributed by atoms with Crippen molar-refractivity contribution in [3.8, 4) is 5.75 Å². The van der Waals surface area contributed by atoms with Gasteiger partial charge in [0.05, 0.1) is 0 Å². The average Bonchev–Trinajstić information content (AvgIpc) is 3.07. The van der Waals surface area contributed by atoms with Crippen molar-refractivity contribution in [3.05, 3.63) is 29.8 Å². The van der Waals surface area contributed by atoms with Crippen molar-refractivity contribution in [1.82, 2.24) is 10.6 Å². The Morgan fingerprint density at radius 3 is 3.11 bits per heavy atom. The van der Waals surface area contributed by atoms with Gasteiger partial charge in [0, 0.05) is 19.0 Å².